The SMILES string of the molecule is CCOC(=O)c1sc2ncnc(NCc3cccc(CS(=O)(=O)NC)c3)c2c1C. The summed E-state index contributed by atoms with van der Waals surface area (Å²) in [7, 11) is -1.94. The van der Waals surface area contributed by atoms with Crippen molar-refractivity contribution in [1.82, 2.24) is 14.7 Å². The molecule has 3 rings (SSSR count). The van der Waals surface area contributed by atoms with Crippen molar-refractivity contribution in [1.29, 1.82) is 0 Å². The van der Waals surface area contributed by atoms with E-state index in [4.69, 9.17) is 4.74 Å². The summed E-state index contributed by atoms with van der Waals surface area (Å²) in [4.78, 5) is 22.0. The number of aryl methyl sites for hydroxylation is 1. The number of hydrogen-bond donors (Lipinski definition) is 2. The lowest BCUT2D eigenvalue weighted by atomic mass is 10.1. The van der Waals surface area contributed by atoms with Gasteiger partial charge in [0, 0.05) is 6.54 Å². The average Bonchev–Trinajstić information content (AvgIpc) is 3.04. The number of nitrogens with zero attached hydrogens (tertiary/aromatic N) is 2. The first-order valence-electron chi connectivity index (χ1n) is 8.98. The molecule has 0 saturated heterocycles. The highest BCUT2D eigenvalue weighted by atomic mass is 32.2. The number of rotatable bonds is 8. The quantitative estimate of drug-likeness (QED) is 0.525. The van der Waals surface area contributed by atoms with Crippen LogP contribution in [0.5, 0.6) is 0 Å². The maximum atomic E-state index is 12.2. The first-order chi connectivity index (χ1) is 13.8. The van der Waals surface area contributed by atoms with E-state index in [1.54, 1.807) is 13.0 Å². The van der Waals surface area contributed by atoms with Crippen LogP contribution in [-0.2, 0) is 27.1 Å². The van der Waals surface area contributed by atoms with Gasteiger partial charge < -0.3 is 10.1 Å². The molecular formula is C19H22N4O4S2. The first-order valence-corrected chi connectivity index (χ1v) is 11.5. The van der Waals surface area contributed by atoms with Crippen molar-refractivity contribution in [3.8, 4) is 0 Å². The third kappa shape index (κ3) is 4.89. The highest BCUT2D eigenvalue weighted by Crippen LogP contribution is 2.33. The molecule has 0 atom stereocenters. The van der Waals surface area contributed by atoms with Crippen LogP contribution in [0.4, 0.5) is 5.82 Å². The van der Waals surface area contributed by atoms with E-state index in [0.717, 1.165) is 16.5 Å². The summed E-state index contributed by atoms with van der Waals surface area (Å²) in [6.07, 6.45) is 1.45. The van der Waals surface area contributed by atoms with Crippen molar-refractivity contribution in [2.24, 2.45) is 0 Å². The fourth-order valence-electron chi connectivity index (χ4n) is 2.90. The van der Waals surface area contributed by atoms with Crippen LogP contribution < -0.4 is 10.0 Å². The van der Waals surface area contributed by atoms with Crippen LogP contribution in [0.25, 0.3) is 10.2 Å². The molecule has 0 aliphatic rings. The molecule has 0 radical (unpaired) electrons. The Kier molecular flexibility index (Phi) is 6.46. The molecule has 10 heteroatoms. The number of nitrogens with one attached hydrogen (secondary N) is 2. The van der Waals surface area contributed by atoms with Gasteiger partial charge >= 0.3 is 5.97 Å². The van der Waals surface area contributed by atoms with Crippen LogP contribution in [-0.4, -0.2) is 38.0 Å². The molecule has 29 heavy (non-hydrogen) atoms. The molecule has 0 saturated carbocycles. The molecule has 0 amide bonds. The lowest BCUT2D eigenvalue weighted by molar-refractivity contribution is 0.0531. The topological polar surface area (TPSA) is 110 Å². The van der Waals surface area contributed by atoms with E-state index >= 15 is 0 Å². The summed E-state index contributed by atoms with van der Waals surface area (Å²) in [6, 6.07) is 7.34. The number of anilines is 1. The second-order valence-corrected chi connectivity index (χ2v) is 9.24. The van der Waals surface area contributed by atoms with Crippen LogP contribution in [0, 0.1) is 6.92 Å². The number of ether oxygens (including phenoxy) is 1. The number of hydrogen-bond acceptors (Lipinski definition) is 8. The Morgan fingerprint density at radius 1 is 1.24 bits per heavy atom. The van der Waals surface area contributed by atoms with Gasteiger partial charge in [-0.2, -0.15) is 0 Å². The fourth-order valence-corrected chi connectivity index (χ4v) is 4.71. The van der Waals surface area contributed by atoms with Crippen LogP contribution in [0.1, 0.15) is 33.3 Å². The molecule has 0 spiro atoms. The number of esters is 1. The second-order valence-electron chi connectivity index (χ2n) is 6.32. The highest BCUT2D eigenvalue weighted by molar-refractivity contribution is 7.88. The third-order valence-corrected chi connectivity index (χ3v) is 6.82. The molecule has 8 nitrogen and oxygen atoms in total. The van der Waals surface area contributed by atoms with Crippen molar-refractivity contribution in [2.75, 3.05) is 19.0 Å². The Morgan fingerprint density at radius 3 is 2.72 bits per heavy atom. The molecule has 0 aliphatic heterocycles. The third-order valence-electron chi connectivity index (χ3n) is 4.31. The minimum Gasteiger partial charge on any atom is -0.462 e. The van der Waals surface area contributed by atoms with E-state index < -0.39 is 10.0 Å². The standard InChI is InChI=1S/C19H22N4O4S2/c1-4-27-19(24)16-12(2)15-17(22-11-23-18(15)28-16)21-9-13-6-5-7-14(8-13)10-29(25,26)20-3/h5-8,11,20H,4,9-10H2,1-3H3,(H,21,22,23). The summed E-state index contributed by atoms with van der Waals surface area (Å²) >= 11 is 1.28. The van der Waals surface area contributed by atoms with Crippen molar-refractivity contribution in [2.45, 2.75) is 26.1 Å². The molecule has 3 aromatic rings. The van der Waals surface area contributed by atoms with Gasteiger partial charge in [0.1, 0.15) is 21.9 Å². The fraction of sp³-hybridized carbons (Fsp3) is 0.316. The van der Waals surface area contributed by atoms with Crippen molar-refractivity contribution in [3.63, 3.8) is 0 Å². The molecule has 0 unspecified atom stereocenters. The number of carbonyl (C=O) groups is 1. The Hall–Kier alpha value is -2.56. The molecular weight excluding hydrogens is 412 g/mol. The van der Waals surface area contributed by atoms with Crippen LogP contribution in [0.15, 0.2) is 30.6 Å². The normalized spacial score (nSPS) is 11.6. The van der Waals surface area contributed by atoms with E-state index in [1.807, 2.05) is 25.1 Å². The molecule has 154 valence electrons. The van der Waals surface area contributed by atoms with Crippen LogP contribution in [0.3, 0.4) is 0 Å². The lowest BCUT2D eigenvalue weighted by Crippen LogP contribution is -2.20. The van der Waals surface area contributed by atoms with Crippen molar-refractivity contribution < 1.29 is 17.9 Å². The first kappa shape index (κ1) is 21.2. The molecule has 1 aromatic carbocycles. The largest absolute Gasteiger partial charge is 0.462 e. The van der Waals surface area contributed by atoms with Gasteiger partial charge in [0.2, 0.25) is 10.0 Å². The van der Waals surface area contributed by atoms with Crippen LogP contribution in [0.2, 0.25) is 0 Å². The number of carbonyl (C=O) groups excluding carboxylic acids is 1. The van der Waals surface area contributed by atoms with Gasteiger partial charge in [-0.15, -0.1) is 11.3 Å². The van der Waals surface area contributed by atoms with Gasteiger partial charge in [-0.25, -0.2) is 27.9 Å². The summed E-state index contributed by atoms with van der Waals surface area (Å²) in [6.45, 7) is 4.37. The number of fused-ring (bicyclic) bond motifs is 1. The molecule has 2 N–H and O–H groups in total. The van der Waals surface area contributed by atoms with E-state index in [2.05, 4.69) is 20.0 Å². The van der Waals surface area contributed by atoms with Crippen LogP contribution >= 0.6 is 11.3 Å². The van der Waals surface area contributed by atoms with Gasteiger partial charge in [-0.1, -0.05) is 24.3 Å². The Labute approximate surface area is 173 Å². The monoisotopic (exact) mass is 434 g/mol. The Balaban J connectivity index is 1.83. The number of benzene rings is 1. The highest BCUT2D eigenvalue weighted by Gasteiger charge is 2.20. The van der Waals surface area contributed by atoms with Gasteiger partial charge in [0.05, 0.1) is 17.7 Å². The van der Waals surface area contributed by atoms with E-state index in [-0.39, 0.29) is 11.7 Å². The van der Waals surface area contributed by atoms with Gasteiger partial charge in [0.25, 0.3) is 0 Å². The average molecular weight is 435 g/mol. The maximum Gasteiger partial charge on any atom is 0.348 e. The zero-order valence-corrected chi connectivity index (χ0v) is 18.0. The molecule has 0 bridgehead atoms. The minimum atomic E-state index is -3.33. The summed E-state index contributed by atoms with van der Waals surface area (Å²) < 4.78 is 31.0. The predicted octanol–water partition coefficient (Wildman–Crippen LogP) is 2.84. The van der Waals surface area contributed by atoms with E-state index in [1.165, 1.54) is 24.7 Å². The van der Waals surface area contributed by atoms with Gasteiger partial charge in [-0.3, -0.25) is 0 Å². The molecule has 2 aromatic heterocycles. The van der Waals surface area contributed by atoms with Gasteiger partial charge in [-0.05, 0) is 37.6 Å². The molecule has 2 heterocycles. The van der Waals surface area contributed by atoms with Crippen molar-refractivity contribution >= 4 is 43.4 Å². The summed E-state index contributed by atoms with van der Waals surface area (Å²) in [5, 5.41) is 4.06. The summed E-state index contributed by atoms with van der Waals surface area (Å²) in [5.41, 5.74) is 2.39. The summed E-state index contributed by atoms with van der Waals surface area (Å²) in [5.74, 6) is 0.173. The van der Waals surface area contributed by atoms with Crippen molar-refractivity contribution in [3.05, 3.63) is 52.2 Å². The number of sulfonamides is 1. The number of thiophene rings is 1. The molecule has 0 fully saturated rings. The minimum absolute atomic E-state index is 0.0817. The van der Waals surface area contributed by atoms with Gasteiger partial charge in [0.15, 0.2) is 0 Å². The second kappa shape index (κ2) is 8.85. The number of aromatic nitrogens is 2. The predicted molar refractivity (Wildman–Crippen MR) is 114 cm³/mol. The Bertz CT molecular complexity index is 1140. The zero-order valence-electron chi connectivity index (χ0n) is 16.4. The maximum absolute atomic E-state index is 12.2. The zero-order chi connectivity index (χ0) is 21.0. The van der Waals surface area contributed by atoms with E-state index in [9.17, 15) is 13.2 Å². The lowest BCUT2D eigenvalue weighted by Gasteiger charge is -2.09. The Morgan fingerprint density at radius 2 is 2.00 bits per heavy atom. The van der Waals surface area contributed by atoms with E-state index in [0.29, 0.717) is 34.2 Å². The smallest absolute Gasteiger partial charge is 0.348 e. The molecule has 0 aliphatic carbocycles.